The van der Waals surface area contributed by atoms with Gasteiger partial charge in [0.2, 0.25) is 5.95 Å². The number of nitrogens with zero attached hydrogens (tertiary/aromatic N) is 3. The summed E-state index contributed by atoms with van der Waals surface area (Å²) in [4.78, 5) is 12.4. The van der Waals surface area contributed by atoms with Crippen LogP contribution in [0.1, 0.15) is 12.5 Å². The lowest BCUT2D eigenvalue weighted by Crippen LogP contribution is -1.93. The Kier molecular flexibility index (Phi) is 2.83. The third-order valence-electron chi connectivity index (χ3n) is 2.01. The molecule has 0 aliphatic carbocycles. The minimum absolute atomic E-state index is 0.499. The van der Waals surface area contributed by atoms with Crippen molar-refractivity contribution < 1.29 is 0 Å². The van der Waals surface area contributed by atoms with Crippen LogP contribution in [0.3, 0.4) is 0 Å². The lowest BCUT2D eigenvalue weighted by atomic mass is 10.1. The van der Waals surface area contributed by atoms with Gasteiger partial charge in [-0.2, -0.15) is 0 Å². The molecule has 0 spiro atoms. The molecule has 0 aliphatic rings. The second-order valence-electron chi connectivity index (χ2n) is 3.11. The zero-order valence-corrected chi connectivity index (χ0v) is 8.46. The number of benzene rings is 1. The van der Waals surface area contributed by atoms with Gasteiger partial charge in [0.05, 0.1) is 0 Å². The Bertz CT molecular complexity index is 449. The standard InChI is InChI=1S/C12H11N3/c1-10(11-6-3-2-4-7-11)15-12-13-8-5-9-14-12/h2-9H,1H3. The maximum Gasteiger partial charge on any atom is 0.249 e. The lowest BCUT2D eigenvalue weighted by molar-refractivity contribution is 1.13. The minimum Gasteiger partial charge on any atom is -0.220 e. The lowest BCUT2D eigenvalue weighted by Gasteiger charge is -1.98. The first-order valence-electron chi connectivity index (χ1n) is 4.74. The van der Waals surface area contributed by atoms with Gasteiger partial charge in [-0.05, 0) is 18.6 Å². The van der Waals surface area contributed by atoms with Crippen LogP contribution in [0.5, 0.6) is 0 Å². The Labute approximate surface area is 88.6 Å². The molecule has 0 saturated carbocycles. The Morgan fingerprint density at radius 2 is 1.67 bits per heavy atom. The van der Waals surface area contributed by atoms with Crippen molar-refractivity contribution in [2.24, 2.45) is 4.99 Å². The van der Waals surface area contributed by atoms with Gasteiger partial charge in [0.1, 0.15) is 0 Å². The van der Waals surface area contributed by atoms with E-state index in [1.807, 2.05) is 37.3 Å². The molecule has 0 saturated heterocycles. The molecule has 1 heterocycles. The maximum atomic E-state index is 4.32. The summed E-state index contributed by atoms with van der Waals surface area (Å²) in [5.41, 5.74) is 2.01. The van der Waals surface area contributed by atoms with Crippen molar-refractivity contribution >= 4 is 11.7 Å². The van der Waals surface area contributed by atoms with Crippen LogP contribution < -0.4 is 0 Å². The average molecular weight is 197 g/mol. The van der Waals surface area contributed by atoms with Gasteiger partial charge in [0.15, 0.2) is 0 Å². The summed E-state index contributed by atoms with van der Waals surface area (Å²) in [7, 11) is 0. The van der Waals surface area contributed by atoms with E-state index in [1.165, 1.54) is 0 Å². The molecule has 0 bridgehead atoms. The van der Waals surface area contributed by atoms with Crippen molar-refractivity contribution in [3.8, 4) is 0 Å². The highest BCUT2D eigenvalue weighted by Gasteiger charge is 1.96. The third kappa shape index (κ3) is 2.47. The number of rotatable bonds is 2. The van der Waals surface area contributed by atoms with E-state index in [1.54, 1.807) is 18.5 Å². The minimum atomic E-state index is 0.499. The van der Waals surface area contributed by atoms with E-state index >= 15 is 0 Å². The van der Waals surface area contributed by atoms with Gasteiger partial charge < -0.3 is 0 Å². The molecule has 0 amide bonds. The highest BCUT2D eigenvalue weighted by atomic mass is 15.0. The summed E-state index contributed by atoms with van der Waals surface area (Å²) in [6.45, 7) is 1.95. The molecular formula is C12H11N3. The molecule has 0 N–H and O–H groups in total. The maximum absolute atomic E-state index is 4.32. The largest absolute Gasteiger partial charge is 0.249 e. The van der Waals surface area contributed by atoms with Gasteiger partial charge in [-0.15, -0.1) is 0 Å². The highest BCUT2D eigenvalue weighted by molar-refractivity contribution is 5.99. The molecule has 2 rings (SSSR count). The van der Waals surface area contributed by atoms with Crippen LogP contribution in [0.15, 0.2) is 53.8 Å². The summed E-state index contributed by atoms with van der Waals surface area (Å²) in [6.07, 6.45) is 3.37. The molecule has 0 radical (unpaired) electrons. The molecule has 1 aromatic carbocycles. The van der Waals surface area contributed by atoms with E-state index in [2.05, 4.69) is 15.0 Å². The zero-order chi connectivity index (χ0) is 10.5. The Morgan fingerprint density at radius 3 is 2.33 bits per heavy atom. The molecule has 3 nitrogen and oxygen atoms in total. The van der Waals surface area contributed by atoms with Gasteiger partial charge in [-0.3, -0.25) is 0 Å². The summed E-state index contributed by atoms with van der Waals surface area (Å²) < 4.78 is 0. The SMILES string of the molecule is CC(=Nc1ncccn1)c1ccccc1. The monoisotopic (exact) mass is 197 g/mol. The zero-order valence-electron chi connectivity index (χ0n) is 8.46. The Morgan fingerprint density at radius 1 is 1.00 bits per heavy atom. The number of hydrogen-bond donors (Lipinski definition) is 0. The highest BCUT2D eigenvalue weighted by Crippen LogP contribution is 2.06. The molecule has 1 aromatic heterocycles. The Hall–Kier alpha value is -2.03. The molecule has 15 heavy (non-hydrogen) atoms. The van der Waals surface area contributed by atoms with Crippen LogP contribution >= 0.6 is 0 Å². The van der Waals surface area contributed by atoms with Crippen LogP contribution in [-0.4, -0.2) is 15.7 Å². The molecule has 0 atom stereocenters. The van der Waals surface area contributed by atoms with Crippen LogP contribution in [-0.2, 0) is 0 Å². The van der Waals surface area contributed by atoms with Gasteiger partial charge in [0, 0.05) is 18.1 Å². The summed E-state index contributed by atoms with van der Waals surface area (Å²) in [5, 5.41) is 0. The van der Waals surface area contributed by atoms with Gasteiger partial charge >= 0.3 is 0 Å². The van der Waals surface area contributed by atoms with Gasteiger partial charge in [0.25, 0.3) is 0 Å². The van der Waals surface area contributed by atoms with E-state index in [9.17, 15) is 0 Å². The number of aromatic nitrogens is 2. The second-order valence-corrected chi connectivity index (χ2v) is 3.11. The van der Waals surface area contributed by atoms with Crippen molar-refractivity contribution in [1.29, 1.82) is 0 Å². The van der Waals surface area contributed by atoms with Crippen molar-refractivity contribution in [2.45, 2.75) is 6.92 Å². The smallest absolute Gasteiger partial charge is 0.220 e. The number of hydrogen-bond acceptors (Lipinski definition) is 3. The second kappa shape index (κ2) is 4.46. The van der Waals surface area contributed by atoms with Crippen molar-refractivity contribution in [2.75, 3.05) is 0 Å². The first-order chi connectivity index (χ1) is 7.36. The molecule has 3 heteroatoms. The summed E-state index contributed by atoms with van der Waals surface area (Å²) in [6, 6.07) is 11.8. The predicted octanol–water partition coefficient (Wildman–Crippen LogP) is 2.62. The van der Waals surface area contributed by atoms with E-state index < -0.39 is 0 Å². The fraction of sp³-hybridized carbons (Fsp3) is 0.0833. The third-order valence-corrected chi connectivity index (χ3v) is 2.01. The normalized spacial score (nSPS) is 11.4. The van der Waals surface area contributed by atoms with Crippen LogP contribution in [0.4, 0.5) is 5.95 Å². The first kappa shape index (κ1) is 9.52. The molecular weight excluding hydrogens is 186 g/mol. The van der Waals surface area contributed by atoms with Crippen molar-refractivity contribution in [3.05, 3.63) is 54.4 Å². The predicted molar refractivity (Wildman–Crippen MR) is 60.3 cm³/mol. The quantitative estimate of drug-likeness (QED) is 0.694. The van der Waals surface area contributed by atoms with Crippen LogP contribution in [0.2, 0.25) is 0 Å². The Balaban J connectivity index is 2.29. The molecule has 0 fully saturated rings. The first-order valence-corrected chi connectivity index (χ1v) is 4.74. The van der Waals surface area contributed by atoms with Crippen LogP contribution in [0.25, 0.3) is 0 Å². The molecule has 0 unspecified atom stereocenters. The summed E-state index contributed by atoms with van der Waals surface area (Å²) in [5.74, 6) is 0.499. The topological polar surface area (TPSA) is 38.1 Å². The number of aliphatic imine (C=N–C) groups is 1. The van der Waals surface area contributed by atoms with E-state index in [4.69, 9.17) is 0 Å². The molecule has 2 aromatic rings. The van der Waals surface area contributed by atoms with E-state index in [-0.39, 0.29) is 0 Å². The molecule has 0 aliphatic heterocycles. The van der Waals surface area contributed by atoms with Crippen molar-refractivity contribution in [3.63, 3.8) is 0 Å². The fourth-order valence-electron chi connectivity index (χ4n) is 1.24. The van der Waals surface area contributed by atoms with Gasteiger partial charge in [-0.25, -0.2) is 15.0 Å². The fourth-order valence-corrected chi connectivity index (χ4v) is 1.24. The van der Waals surface area contributed by atoms with Crippen molar-refractivity contribution in [1.82, 2.24) is 9.97 Å². The molecule has 74 valence electrons. The average Bonchev–Trinajstić information content (AvgIpc) is 2.31. The van der Waals surface area contributed by atoms with Gasteiger partial charge in [-0.1, -0.05) is 30.3 Å². The van der Waals surface area contributed by atoms with Crippen LogP contribution in [0, 0.1) is 0 Å². The summed E-state index contributed by atoms with van der Waals surface area (Å²) >= 11 is 0. The van der Waals surface area contributed by atoms with E-state index in [0.29, 0.717) is 5.95 Å². The van der Waals surface area contributed by atoms with E-state index in [0.717, 1.165) is 11.3 Å².